The largest absolute Gasteiger partial charge is 4.00 e. The van der Waals surface area contributed by atoms with E-state index in [1.54, 1.807) is 13.8 Å². The van der Waals surface area contributed by atoms with Crippen LogP contribution in [0.25, 0.3) is 0 Å². The Hall–Kier alpha value is 0.414. The van der Waals surface area contributed by atoms with Crippen LogP contribution in [-0.2, 0) is 42.5 Å². The molecule has 0 aliphatic heterocycles. The molecule has 0 aromatic rings. The molecule has 0 heterocycles. The molecule has 0 amide bonds. The molecular formula is C3H8O9S2Ti. The summed E-state index contributed by atoms with van der Waals surface area (Å²) < 4.78 is 68.2. The fraction of sp³-hybridized carbons (Fsp3) is 1.00. The van der Waals surface area contributed by atoms with Gasteiger partial charge in [0, 0.05) is 26.9 Å². The third kappa shape index (κ3) is 12900. The molecular weight excluding hydrogens is 292 g/mol. The van der Waals surface area contributed by atoms with Gasteiger partial charge in [0.05, 0.1) is 0 Å². The van der Waals surface area contributed by atoms with Gasteiger partial charge >= 0.3 is 21.7 Å². The molecule has 0 radical (unpaired) electrons. The van der Waals surface area contributed by atoms with Crippen molar-refractivity contribution in [3.05, 3.63) is 0 Å². The number of aliphatic hydroxyl groups is 1. The molecule has 90 valence electrons. The van der Waals surface area contributed by atoms with Crippen LogP contribution in [0.1, 0.15) is 13.8 Å². The van der Waals surface area contributed by atoms with Gasteiger partial charge in [-0.3, -0.25) is 16.8 Å². The summed E-state index contributed by atoms with van der Waals surface area (Å²) in [6.45, 7) is 3.44. The molecule has 0 aromatic carbocycles. The number of hydrogen-bond acceptors (Lipinski definition) is 9. The Labute approximate surface area is 103 Å². The smallest absolute Gasteiger partial charge is 0.759 e. The molecule has 12 heteroatoms. The van der Waals surface area contributed by atoms with Crippen LogP contribution in [0.4, 0.5) is 0 Å². The Bertz CT molecular complexity index is 253. The molecule has 0 atom stereocenters. The van der Waals surface area contributed by atoms with E-state index in [0.717, 1.165) is 0 Å². The minimum Gasteiger partial charge on any atom is -0.759 e. The van der Waals surface area contributed by atoms with Gasteiger partial charge in [-0.2, -0.15) is 0 Å². The Kier molecular flexibility index (Phi) is 17.9. The van der Waals surface area contributed by atoms with Crippen molar-refractivity contribution in [2.24, 2.45) is 0 Å². The minimum absolute atomic E-state index is 0. The molecule has 0 aromatic heterocycles. The number of hydrogen-bond donors (Lipinski definition) is 1. The summed E-state index contributed by atoms with van der Waals surface area (Å²) in [6, 6.07) is 0. The van der Waals surface area contributed by atoms with Crippen molar-refractivity contribution in [1.82, 2.24) is 0 Å². The van der Waals surface area contributed by atoms with E-state index < -0.39 is 20.8 Å². The van der Waals surface area contributed by atoms with Gasteiger partial charge < -0.3 is 23.3 Å². The molecule has 0 aliphatic carbocycles. The molecule has 0 rings (SSSR count). The van der Waals surface area contributed by atoms with Crippen molar-refractivity contribution in [2.75, 3.05) is 0 Å². The van der Waals surface area contributed by atoms with E-state index in [1.807, 2.05) is 0 Å². The van der Waals surface area contributed by atoms with Crippen LogP contribution >= 0.6 is 0 Å². The van der Waals surface area contributed by atoms with Crippen molar-refractivity contribution < 1.29 is 61.9 Å². The van der Waals surface area contributed by atoms with E-state index in [9.17, 15) is 0 Å². The first-order valence-electron chi connectivity index (χ1n) is 2.75. The molecule has 0 bridgehead atoms. The number of rotatable bonds is 0. The van der Waals surface area contributed by atoms with Crippen LogP contribution < -0.4 is 0 Å². The summed E-state index contributed by atoms with van der Waals surface area (Å²) in [5, 5.41) is 8.06. The predicted molar refractivity (Wildman–Crippen MR) is 38.3 cm³/mol. The summed E-state index contributed by atoms with van der Waals surface area (Å²) in [6.07, 6.45) is -0.167. The zero-order valence-electron chi connectivity index (χ0n) is 7.61. The van der Waals surface area contributed by atoms with Crippen LogP contribution in [0.15, 0.2) is 0 Å². The average molecular weight is 300 g/mol. The Morgan fingerprint density at radius 2 is 0.867 bits per heavy atom. The molecule has 0 saturated carbocycles. The van der Waals surface area contributed by atoms with Crippen molar-refractivity contribution in [3.8, 4) is 0 Å². The Balaban J connectivity index is -0.0000000590. The van der Waals surface area contributed by atoms with E-state index in [0.29, 0.717) is 0 Å². The summed E-state index contributed by atoms with van der Waals surface area (Å²) >= 11 is 0. The van der Waals surface area contributed by atoms with E-state index in [-0.39, 0.29) is 27.8 Å². The normalized spacial score (nSPS) is 10.1. The molecule has 0 aliphatic rings. The summed E-state index contributed by atoms with van der Waals surface area (Å²) in [7, 11) is -10.3. The molecule has 9 nitrogen and oxygen atoms in total. The fourth-order valence-electron chi connectivity index (χ4n) is 0. The maximum Gasteiger partial charge on any atom is 4.00 e. The van der Waals surface area contributed by atoms with E-state index >= 15 is 0 Å². The molecule has 0 fully saturated rings. The summed E-state index contributed by atoms with van der Waals surface area (Å²) in [5.41, 5.74) is 0. The number of aliphatic hydroxyl groups excluding tert-OH is 1. The van der Waals surface area contributed by atoms with Gasteiger partial charge in [0.15, 0.2) is 0 Å². The van der Waals surface area contributed by atoms with Gasteiger partial charge in [0.25, 0.3) is 0 Å². The second kappa shape index (κ2) is 10.9. The summed E-state index contributed by atoms with van der Waals surface area (Å²) in [4.78, 5) is 0. The maximum atomic E-state index is 8.52. The third-order valence-electron chi connectivity index (χ3n) is 0. The second-order valence-corrected chi connectivity index (χ2v) is 3.54. The SMILES string of the molecule is CC(C)O.O=S(=O)([O-])[O-].O=S(=O)([O-])[O-].[Ti+4]. The van der Waals surface area contributed by atoms with Crippen LogP contribution in [0.3, 0.4) is 0 Å². The zero-order valence-corrected chi connectivity index (χ0v) is 10.8. The summed E-state index contributed by atoms with van der Waals surface area (Å²) in [5.74, 6) is 0. The van der Waals surface area contributed by atoms with Crippen molar-refractivity contribution in [2.45, 2.75) is 20.0 Å². The molecule has 1 N–H and O–H groups in total. The first-order valence-corrected chi connectivity index (χ1v) is 5.41. The Morgan fingerprint density at radius 1 is 0.867 bits per heavy atom. The fourth-order valence-corrected chi connectivity index (χ4v) is 0. The maximum absolute atomic E-state index is 8.52. The molecule has 0 unspecified atom stereocenters. The van der Waals surface area contributed by atoms with Crippen LogP contribution in [-0.4, -0.2) is 46.3 Å². The third-order valence-corrected chi connectivity index (χ3v) is 0. The van der Waals surface area contributed by atoms with Crippen LogP contribution in [0.5, 0.6) is 0 Å². The quantitative estimate of drug-likeness (QED) is 0.292. The van der Waals surface area contributed by atoms with Crippen LogP contribution in [0, 0.1) is 0 Å². The van der Waals surface area contributed by atoms with Gasteiger partial charge in [-0.05, 0) is 13.8 Å². The van der Waals surface area contributed by atoms with Gasteiger partial charge in [-0.25, -0.2) is 0 Å². The van der Waals surface area contributed by atoms with Crippen molar-refractivity contribution in [1.29, 1.82) is 0 Å². The van der Waals surface area contributed by atoms with Crippen molar-refractivity contribution >= 4 is 20.8 Å². The van der Waals surface area contributed by atoms with E-state index in [2.05, 4.69) is 0 Å². The minimum atomic E-state index is -5.17. The first kappa shape index (κ1) is 24.6. The standard InChI is InChI=1S/C3H8O.2H2O4S.Ti/c1-3(2)4;2*1-5(2,3)4;/h3-4H,1-2H3;2*(H2,1,2,3,4);/q;;;+4/p-4. The van der Waals surface area contributed by atoms with Gasteiger partial charge in [0.2, 0.25) is 0 Å². The first-order chi connectivity index (χ1) is 5.73. The monoisotopic (exact) mass is 300 g/mol. The van der Waals surface area contributed by atoms with Gasteiger partial charge in [0.1, 0.15) is 0 Å². The second-order valence-electron chi connectivity index (χ2n) is 1.91. The predicted octanol–water partition coefficient (Wildman–Crippen LogP) is -2.29. The molecule has 15 heavy (non-hydrogen) atoms. The van der Waals surface area contributed by atoms with Gasteiger partial charge in [-0.1, -0.05) is 0 Å². The topological polar surface area (TPSA) is 181 Å². The zero-order chi connectivity index (χ0) is 12.6. The average Bonchev–Trinajstić information content (AvgIpc) is 1.45. The van der Waals surface area contributed by atoms with E-state index in [1.165, 1.54) is 0 Å². The van der Waals surface area contributed by atoms with Gasteiger partial charge in [-0.15, -0.1) is 0 Å². The molecule has 0 saturated heterocycles. The van der Waals surface area contributed by atoms with E-state index in [4.69, 9.17) is 40.2 Å². The molecule has 0 spiro atoms. The van der Waals surface area contributed by atoms with Crippen LogP contribution in [0.2, 0.25) is 0 Å². The Morgan fingerprint density at radius 3 is 0.867 bits per heavy atom. The van der Waals surface area contributed by atoms with Crippen molar-refractivity contribution in [3.63, 3.8) is 0 Å².